The summed E-state index contributed by atoms with van der Waals surface area (Å²) in [7, 11) is 3.29. The second-order valence-corrected chi connectivity index (χ2v) is 4.48. The van der Waals surface area contributed by atoms with E-state index in [1.807, 2.05) is 29.5 Å². The first kappa shape index (κ1) is 12.5. The van der Waals surface area contributed by atoms with Gasteiger partial charge >= 0.3 is 5.97 Å². The first-order valence-corrected chi connectivity index (χ1v) is 6.23. The van der Waals surface area contributed by atoms with Crippen molar-refractivity contribution in [3.8, 4) is 0 Å². The Labute approximate surface area is 109 Å². The van der Waals surface area contributed by atoms with Crippen LogP contribution in [0.15, 0.2) is 29.9 Å². The molecule has 2 heterocycles. The number of hydrogen-bond donors (Lipinski definition) is 0. The van der Waals surface area contributed by atoms with Crippen LogP contribution in [0.1, 0.15) is 5.69 Å². The summed E-state index contributed by atoms with van der Waals surface area (Å²) in [4.78, 5) is 21.5. The lowest BCUT2D eigenvalue weighted by molar-refractivity contribution is -0.139. The van der Waals surface area contributed by atoms with Gasteiger partial charge in [-0.15, -0.1) is 11.3 Å². The molecule has 0 saturated heterocycles. The highest BCUT2D eigenvalue weighted by Gasteiger charge is 2.11. The van der Waals surface area contributed by atoms with Crippen molar-refractivity contribution >= 4 is 28.1 Å². The fourth-order valence-electron chi connectivity index (χ4n) is 1.41. The molecular weight excluding hydrogens is 250 g/mol. The Bertz CT molecular complexity index is 527. The van der Waals surface area contributed by atoms with Crippen LogP contribution in [0.2, 0.25) is 0 Å². The van der Waals surface area contributed by atoms with Crippen molar-refractivity contribution < 1.29 is 9.53 Å². The van der Waals surface area contributed by atoms with E-state index >= 15 is 0 Å². The average molecular weight is 263 g/mol. The molecule has 0 bridgehead atoms. The van der Waals surface area contributed by atoms with Crippen molar-refractivity contribution in [3.05, 3.63) is 35.6 Å². The molecule has 2 rings (SSSR count). The number of carbonyl (C=O) groups is 1. The molecule has 0 aliphatic carbocycles. The normalized spacial score (nSPS) is 10.1. The number of rotatable bonds is 4. The van der Waals surface area contributed by atoms with Crippen LogP contribution in [-0.4, -0.2) is 30.1 Å². The lowest BCUT2D eigenvalue weighted by Crippen LogP contribution is -2.10. The van der Waals surface area contributed by atoms with Gasteiger partial charge in [0.05, 0.1) is 31.1 Å². The molecule has 94 valence electrons. The maximum absolute atomic E-state index is 11.1. The third-order valence-corrected chi connectivity index (χ3v) is 3.38. The zero-order valence-corrected chi connectivity index (χ0v) is 11.0. The Kier molecular flexibility index (Phi) is 3.88. The summed E-state index contributed by atoms with van der Waals surface area (Å²) in [5, 5.41) is 2.68. The lowest BCUT2D eigenvalue weighted by Gasteiger charge is -2.14. The summed E-state index contributed by atoms with van der Waals surface area (Å²) in [6.45, 7) is 0. The summed E-state index contributed by atoms with van der Waals surface area (Å²) in [6.07, 6.45) is 3.69. The van der Waals surface area contributed by atoms with Crippen molar-refractivity contribution in [1.29, 1.82) is 0 Å². The molecule has 0 radical (unpaired) electrons. The van der Waals surface area contributed by atoms with Crippen LogP contribution in [0.5, 0.6) is 0 Å². The molecule has 0 aromatic carbocycles. The number of anilines is 2. The van der Waals surface area contributed by atoms with E-state index in [9.17, 15) is 4.79 Å². The molecule has 0 saturated carbocycles. The molecule has 0 aliphatic rings. The molecule has 0 N–H and O–H groups in total. The second kappa shape index (κ2) is 5.59. The minimum absolute atomic E-state index is 0.202. The first-order chi connectivity index (χ1) is 8.70. The van der Waals surface area contributed by atoms with Gasteiger partial charge in [0.15, 0.2) is 5.13 Å². The van der Waals surface area contributed by atoms with Crippen LogP contribution >= 0.6 is 11.3 Å². The Morgan fingerprint density at radius 2 is 2.39 bits per heavy atom. The fraction of sp³-hybridized carbons (Fsp3) is 0.250. The van der Waals surface area contributed by atoms with Gasteiger partial charge in [-0.2, -0.15) is 0 Å². The maximum atomic E-state index is 11.1. The molecule has 18 heavy (non-hydrogen) atoms. The molecule has 0 amide bonds. The van der Waals surface area contributed by atoms with E-state index in [1.54, 1.807) is 12.4 Å². The van der Waals surface area contributed by atoms with Crippen molar-refractivity contribution in [3.63, 3.8) is 0 Å². The highest BCUT2D eigenvalue weighted by atomic mass is 32.1. The minimum Gasteiger partial charge on any atom is -0.469 e. The van der Waals surface area contributed by atoms with E-state index in [4.69, 9.17) is 0 Å². The van der Waals surface area contributed by atoms with Crippen molar-refractivity contribution in [2.45, 2.75) is 6.42 Å². The third kappa shape index (κ3) is 2.84. The fourth-order valence-corrected chi connectivity index (χ4v) is 2.23. The molecular formula is C12H13N3O2S. The number of methoxy groups -OCH3 is 1. The smallest absolute Gasteiger partial charge is 0.311 e. The maximum Gasteiger partial charge on any atom is 0.311 e. The summed E-state index contributed by atoms with van der Waals surface area (Å²) >= 11 is 1.48. The minimum atomic E-state index is -0.282. The number of hydrogen-bond acceptors (Lipinski definition) is 6. The summed E-state index contributed by atoms with van der Waals surface area (Å²) in [5.74, 6) is -0.282. The van der Waals surface area contributed by atoms with E-state index < -0.39 is 0 Å². The van der Waals surface area contributed by atoms with E-state index in [-0.39, 0.29) is 12.4 Å². The van der Waals surface area contributed by atoms with Crippen LogP contribution in [-0.2, 0) is 16.0 Å². The molecule has 6 heteroatoms. The van der Waals surface area contributed by atoms with Crippen LogP contribution in [0.25, 0.3) is 0 Å². The summed E-state index contributed by atoms with van der Waals surface area (Å²) < 4.78 is 4.61. The third-order valence-electron chi connectivity index (χ3n) is 2.41. The molecule has 0 spiro atoms. The van der Waals surface area contributed by atoms with E-state index in [1.165, 1.54) is 18.4 Å². The van der Waals surface area contributed by atoms with Crippen LogP contribution in [0.3, 0.4) is 0 Å². The zero-order chi connectivity index (χ0) is 13.0. The van der Waals surface area contributed by atoms with E-state index in [0.29, 0.717) is 0 Å². The number of esters is 1. The number of thiazole rings is 1. The topological polar surface area (TPSA) is 55.3 Å². The van der Waals surface area contributed by atoms with Crippen molar-refractivity contribution in [1.82, 2.24) is 9.97 Å². The second-order valence-electron chi connectivity index (χ2n) is 3.64. The number of ether oxygens (including phenoxy) is 1. The number of carbonyl (C=O) groups excluding carboxylic acids is 1. The van der Waals surface area contributed by atoms with Gasteiger partial charge in [-0.05, 0) is 12.1 Å². The first-order valence-electron chi connectivity index (χ1n) is 5.35. The average Bonchev–Trinajstić information content (AvgIpc) is 2.87. The summed E-state index contributed by atoms with van der Waals surface area (Å²) in [6, 6.07) is 3.82. The Morgan fingerprint density at radius 3 is 3.06 bits per heavy atom. The van der Waals surface area contributed by atoms with Gasteiger partial charge in [0.25, 0.3) is 0 Å². The molecule has 0 fully saturated rings. The molecule has 5 nitrogen and oxygen atoms in total. The zero-order valence-electron chi connectivity index (χ0n) is 10.2. The van der Waals surface area contributed by atoms with E-state index in [2.05, 4.69) is 14.7 Å². The van der Waals surface area contributed by atoms with Gasteiger partial charge in [0.2, 0.25) is 0 Å². The lowest BCUT2D eigenvalue weighted by atomic mass is 10.3. The van der Waals surface area contributed by atoms with Gasteiger partial charge in [-0.25, -0.2) is 4.98 Å². The van der Waals surface area contributed by atoms with Crippen molar-refractivity contribution in [2.24, 2.45) is 0 Å². The molecule has 0 aliphatic heterocycles. The van der Waals surface area contributed by atoms with Gasteiger partial charge in [0.1, 0.15) is 0 Å². The largest absolute Gasteiger partial charge is 0.469 e. The Morgan fingerprint density at radius 1 is 1.56 bits per heavy atom. The quantitative estimate of drug-likeness (QED) is 0.790. The standard InChI is InChI=1S/C12H13N3O2S/c1-15(10-4-3-5-13-7-10)12-14-9(8-18-12)6-11(16)17-2/h3-5,7-8H,6H2,1-2H3. The van der Waals surface area contributed by atoms with Crippen LogP contribution < -0.4 is 4.90 Å². The molecule has 2 aromatic heterocycles. The number of aromatic nitrogens is 2. The predicted molar refractivity (Wildman–Crippen MR) is 70.1 cm³/mol. The number of nitrogens with zero attached hydrogens (tertiary/aromatic N) is 3. The SMILES string of the molecule is COC(=O)Cc1csc(N(C)c2cccnc2)n1. The Balaban J connectivity index is 2.12. The number of pyridine rings is 1. The van der Waals surface area contributed by atoms with Crippen LogP contribution in [0.4, 0.5) is 10.8 Å². The summed E-state index contributed by atoms with van der Waals surface area (Å²) in [5.41, 5.74) is 1.68. The van der Waals surface area contributed by atoms with Gasteiger partial charge in [0, 0.05) is 18.6 Å². The Hall–Kier alpha value is -1.95. The predicted octanol–water partition coefficient (Wildman–Crippen LogP) is 2.02. The van der Waals surface area contributed by atoms with Crippen molar-refractivity contribution in [2.75, 3.05) is 19.1 Å². The highest BCUT2D eigenvalue weighted by molar-refractivity contribution is 7.13. The molecule has 2 aromatic rings. The van der Waals surface area contributed by atoms with Crippen LogP contribution in [0, 0.1) is 0 Å². The monoisotopic (exact) mass is 263 g/mol. The highest BCUT2D eigenvalue weighted by Crippen LogP contribution is 2.26. The van der Waals surface area contributed by atoms with Gasteiger partial charge < -0.3 is 9.64 Å². The van der Waals surface area contributed by atoms with Gasteiger partial charge in [-0.3, -0.25) is 9.78 Å². The van der Waals surface area contributed by atoms with Gasteiger partial charge in [-0.1, -0.05) is 0 Å². The van der Waals surface area contributed by atoms with E-state index in [0.717, 1.165) is 16.5 Å². The molecule has 0 atom stereocenters. The molecule has 0 unspecified atom stereocenters.